The number of rotatable bonds is 4. The lowest BCUT2D eigenvalue weighted by Gasteiger charge is -2.10. The molecule has 5 nitrogen and oxygen atoms in total. The van der Waals surface area contributed by atoms with E-state index in [4.69, 9.17) is 17.0 Å². The summed E-state index contributed by atoms with van der Waals surface area (Å²) in [5.74, 6) is 0.819. The third-order valence-corrected chi connectivity index (χ3v) is 2.81. The van der Waals surface area contributed by atoms with E-state index in [2.05, 4.69) is 15.7 Å². The Morgan fingerprint density at radius 3 is 2.68 bits per heavy atom. The number of thiocarbonyl (C=S) groups is 1. The molecule has 2 N–H and O–H groups in total. The van der Waals surface area contributed by atoms with Crippen molar-refractivity contribution < 1.29 is 4.74 Å². The second kappa shape index (κ2) is 6.19. The largest absolute Gasteiger partial charge is 0.497 e. The van der Waals surface area contributed by atoms with Crippen molar-refractivity contribution in [3.63, 3.8) is 0 Å². The predicted molar refractivity (Wildman–Crippen MR) is 79.3 cm³/mol. The zero-order valence-corrected chi connectivity index (χ0v) is 11.7. The molecule has 1 aromatic heterocycles. The first-order valence-electron chi connectivity index (χ1n) is 5.84. The van der Waals surface area contributed by atoms with Gasteiger partial charge < -0.3 is 15.4 Å². The molecule has 1 heterocycles. The van der Waals surface area contributed by atoms with Gasteiger partial charge in [0.2, 0.25) is 0 Å². The van der Waals surface area contributed by atoms with Crippen LogP contribution in [0.5, 0.6) is 5.75 Å². The van der Waals surface area contributed by atoms with Crippen LogP contribution in [0.25, 0.3) is 0 Å². The van der Waals surface area contributed by atoms with Crippen LogP contribution in [-0.4, -0.2) is 22.0 Å². The smallest absolute Gasteiger partial charge is 0.171 e. The number of methoxy groups -OCH3 is 1. The zero-order chi connectivity index (χ0) is 13.7. The number of aromatic nitrogens is 2. The van der Waals surface area contributed by atoms with E-state index in [1.165, 1.54) is 0 Å². The third kappa shape index (κ3) is 3.96. The molecule has 0 bridgehead atoms. The van der Waals surface area contributed by atoms with Crippen LogP contribution in [0.15, 0.2) is 36.7 Å². The highest BCUT2D eigenvalue weighted by atomic mass is 32.1. The van der Waals surface area contributed by atoms with Crippen LogP contribution in [-0.2, 0) is 13.6 Å². The van der Waals surface area contributed by atoms with Gasteiger partial charge in [-0.15, -0.1) is 0 Å². The van der Waals surface area contributed by atoms with E-state index in [-0.39, 0.29) is 0 Å². The van der Waals surface area contributed by atoms with Crippen LogP contribution in [0.2, 0.25) is 0 Å². The SMILES string of the molecule is COc1ccc(NC(=S)NCc2cnn(C)c2)cc1. The lowest BCUT2D eigenvalue weighted by molar-refractivity contribution is 0.415. The van der Waals surface area contributed by atoms with Gasteiger partial charge in [-0.2, -0.15) is 5.10 Å². The van der Waals surface area contributed by atoms with Gasteiger partial charge in [0.25, 0.3) is 0 Å². The van der Waals surface area contributed by atoms with Crippen molar-refractivity contribution >= 4 is 23.0 Å². The highest BCUT2D eigenvalue weighted by Crippen LogP contribution is 2.14. The van der Waals surface area contributed by atoms with Gasteiger partial charge in [-0.05, 0) is 36.5 Å². The Labute approximate surface area is 117 Å². The van der Waals surface area contributed by atoms with Crippen molar-refractivity contribution in [2.24, 2.45) is 7.05 Å². The van der Waals surface area contributed by atoms with Crippen molar-refractivity contribution in [1.82, 2.24) is 15.1 Å². The fourth-order valence-electron chi connectivity index (χ4n) is 1.60. The molecule has 19 heavy (non-hydrogen) atoms. The van der Waals surface area contributed by atoms with Crippen LogP contribution in [0.4, 0.5) is 5.69 Å². The fraction of sp³-hybridized carbons (Fsp3) is 0.231. The molecule has 6 heteroatoms. The molecule has 0 aliphatic heterocycles. The summed E-state index contributed by atoms with van der Waals surface area (Å²) in [4.78, 5) is 0. The Hall–Kier alpha value is -2.08. The maximum atomic E-state index is 5.22. The summed E-state index contributed by atoms with van der Waals surface area (Å²) < 4.78 is 6.86. The van der Waals surface area contributed by atoms with E-state index >= 15 is 0 Å². The number of benzene rings is 1. The van der Waals surface area contributed by atoms with Gasteiger partial charge in [-0.25, -0.2) is 0 Å². The number of nitrogens with zero attached hydrogens (tertiary/aromatic N) is 2. The Kier molecular flexibility index (Phi) is 4.35. The Bertz CT molecular complexity index is 550. The molecule has 2 rings (SSSR count). The summed E-state index contributed by atoms with van der Waals surface area (Å²) >= 11 is 5.22. The van der Waals surface area contributed by atoms with Gasteiger partial charge in [-0.3, -0.25) is 4.68 Å². The number of anilines is 1. The Morgan fingerprint density at radius 2 is 2.11 bits per heavy atom. The van der Waals surface area contributed by atoms with Crippen molar-refractivity contribution in [2.45, 2.75) is 6.54 Å². The minimum Gasteiger partial charge on any atom is -0.497 e. The van der Waals surface area contributed by atoms with E-state index < -0.39 is 0 Å². The number of hydrogen-bond donors (Lipinski definition) is 2. The molecule has 0 aliphatic rings. The van der Waals surface area contributed by atoms with Crippen LogP contribution in [0.1, 0.15) is 5.56 Å². The van der Waals surface area contributed by atoms with E-state index in [0.717, 1.165) is 17.0 Å². The molecule has 100 valence electrons. The second-order valence-electron chi connectivity index (χ2n) is 4.06. The average Bonchev–Trinajstić information content (AvgIpc) is 2.83. The monoisotopic (exact) mass is 276 g/mol. The lowest BCUT2D eigenvalue weighted by Crippen LogP contribution is -2.27. The topological polar surface area (TPSA) is 51.1 Å². The quantitative estimate of drug-likeness (QED) is 0.836. The molecule has 0 aliphatic carbocycles. The van der Waals surface area contributed by atoms with Crippen molar-refractivity contribution in [3.05, 3.63) is 42.2 Å². The average molecular weight is 276 g/mol. The van der Waals surface area contributed by atoms with Crippen LogP contribution >= 0.6 is 12.2 Å². The molecule has 2 aromatic rings. The standard InChI is InChI=1S/C13H16N4OS/c1-17-9-10(8-15-17)7-14-13(19)16-11-3-5-12(18-2)6-4-11/h3-6,8-9H,7H2,1-2H3,(H2,14,16,19). The first kappa shape index (κ1) is 13.4. The summed E-state index contributed by atoms with van der Waals surface area (Å²) in [6, 6.07) is 7.59. The third-order valence-electron chi connectivity index (χ3n) is 2.56. The van der Waals surface area contributed by atoms with Crippen LogP contribution in [0, 0.1) is 0 Å². The molecule has 0 unspecified atom stereocenters. The van der Waals surface area contributed by atoms with Gasteiger partial charge in [0, 0.05) is 31.0 Å². The van der Waals surface area contributed by atoms with E-state index in [0.29, 0.717) is 11.7 Å². The summed E-state index contributed by atoms with van der Waals surface area (Å²) in [5, 5.41) is 10.9. The van der Waals surface area contributed by atoms with Gasteiger partial charge in [0.1, 0.15) is 5.75 Å². The second-order valence-corrected chi connectivity index (χ2v) is 4.47. The number of ether oxygens (including phenoxy) is 1. The minimum absolute atomic E-state index is 0.578. The van der Waals surface area contributed by atoms with Gasteiger partial charge in [0.15, 0.2) is 5.11 Å². The van der Waals surface area contributed by atoms with Crippen LogP contribution in [0.3, 0.4) is 0 Å². The van der Waals surface area contributed by atoms with Crippen LogP contribution < -0.4 is 15.4 Å². The molecule has 0 atom stereocenters. The molecule has 0 fully saturated rings. The zero-order valence-electron chi connectivity index (χ0n) is 10.9. The fourth-order valence-corrected chi connectivity index (χ4v) is 1.79. The van der Waals surface area contributed by atoms with E-state index in [9.17, 15) is 0 Å². The number of hydrogen-bond acceptors (Lipinski definition) is 3. The maximum Gasteiger partial charge on any atom is 0.171 e. The van der Waals surface area contributed by atoms with Crippen molar-refractivity contribution in [3.8, 4) is 5.75 Å². The Morgan fingerprint density at radius 1 is 1.37 bits per heavy atom. The van der Waals surface area contributed by atoms with Gasteiger partial charge in [-0.1, -0.05) is 0 Å². The first-order valence-corrected chi connectivity index (χ1v) is 6.24. The van der Waals surface area contributed by atoms with Gasteiger partial charge in [0.05, 0.1) is 13.3 Å². The molecule has 0 radical (unpaired) electrons. The van der Waals surface area contributed by atoms with E-state index in [1.807, 2.05) is 43.7 Å². The minimum atomic E-state index is 0.578. The lowest BCUT2D eigenvalue weighted by atomic mass is 10.3. The predicted octanol–water partition coefficient (Wildman–Crippen LogP) is 1.92. The molecule has 0 amide bonds. The van der Waals surface area contributed by atoms with E-state index in [1.54, 1.807) is 11.8 Å². The molecular weight excluding hydrogens is 260 g/mol. The number of aryl methyl sites for hydroxylation is 1. The summed E-state index contributed by atoms with van der Waals surface area (Å²) in [6.45, 7) is 0.649. The molecular formula is C13H16N4OS. The highest BCUT2D eigenvalue weighted by molar-refractivity contribution is 7.80. The molecule has 0 saturated heterocycles. The summed E-state index contributed by atoms with van der Waals surface area (Å²) in [6.07, 6.45) is 3.76. The molecule has 0 spiro atoms. The number of nitrogens with one attached hydrogen (secondary N) is 2. The maximum absolute atomic E-state index is 5.22. The Balaban J connectivity index is 1.83. The highest BCUT2D eigenvalue weighted by Gasteiger charge is 2.00. The van der Waals surface area contributed by atoms with Crippen molar-refractivity contribution in [2.75, 3.05) is 12.4 Å². The normalized spacial score (nSPS) is 10.0. The summed E-state index contributed by atoms with van der Waals surface area (Å²) in [5.41, 5.74) is 2.01. The first-order chi connectivity index (χ1) is 9.17. The van der Waals surface area contributed by atoms with Crippen molar-refractivity contribution in [1.29, 1.82) is 0 Å². The van der Waals surface area contributed by atoms with Gasteiger partial charge >= 0.3 is 0 Å². The summed E-state index contributed by atoms with van der Waals surface area (Å²) in [7, 11) is 3.53. The molecule has 1 aromatic carbocycles. The molecule has 0 saturated carbocycles.